The number of hydrogen-bond donors (Lipinski definition) is 0. The van der Waals surface area contributed by atoms with Crippen LogP contribution in [0.5, 0.6) is 0 Å². The van der Waals surface area contributed by atoms with Gasteiger partial charge in [0, 0.05) is 0 Å². The van der Waals surface area contributed by atoms with Crippen LogP contribution in [-0.2, 0) is 133 Å². The summed E-state index contributed by atoms with van der Waals surface area (Å²) in [5, 5.41) is 0. The minimum Gasteiger partial charge on any atom is -0.741 e. The second-order valence-corrected chi connectivity index (χ2v) is 18.2. The monoisotopic (exact) mass is 1550 g/mol. The maximum Gasteiger partial charge on any atom is 4.00 e. The first kappa shape index (κ1) is 88.3. The Morgan fingerprint density at radius 1 is 0.167 bits per heavy atom. The van der Waals surface area contributed by atoms with E-state index in [-0.39, 0.29) is 51.7 Å². The summed E-state index contributed by atoms with van der Waals surface area (Å²) in [7, 11) is -48.7. The van der Waals surface area contributed by atoms with Gasteiger partial charge in [0.15, 0.2) is 80.9 Å². The van der Waals surface area contributed by atoms with Gasteiger partial charge in [-0.05, 0) is 0 Å². The Balaban J connectivity index is -0.0000000676. The second kappa shape index (κ2) is 28.4. The second-order valence-electron chi connectivity index (χ2n) is 7.20. The Morgan fingerprint density at radius 3 is 0.182 bits per heavy atom. The molecule has 66 heavy (non-hydrogen) atoms. The number of halogens is 24. The molecule has 400 valence electrons. The largest absolute Gasteiger partial charge is 4.00 e. The van der Waals surface area contributed by atoms with Gasteiger partial charge in [-0.3, -0.25) is 0 Å². The van der Waals surface area contributed by atoms with Gasteiger partial charge in [0.25, 0.3) is 0 Å². The molecular weight excluding hydrogens is 1550 g/mol. The summed E-state index contributed by atoms with van der Waals surface area (Å²) in [6.45, 7) is 0. The Morgan fingerprint density at radius 2 is 0.182 bits per heavy atom. The fraction of sp³-hybridized carbons (Fsp3) is 1.00. The molecule has 0 N–H and O–H groups in total. The zero-order chi connectivity index (χ0) is 56.0. The van der Waals surface area contributed by atoms with E-state index in [1.54, 1.807) is 0 Å². The maximum absolute atomic E-state index is 10.7. The zero-order valence-electron chi connectivity index (χ0n) is 27.1. The van der Waals surface area contributed by atoms with Crippen LogP contribution in [0.25, 0.3) is 0 Å². The number of alkyl halides is 24. The molecule has 0 heterocycles. The van der Waals surface area contributed by atoms with Gasteiger partial charge in [-0.1, -0.05) is 0 Å². The number of rotatable bonds is 0. The minimum atomic E-state index is -6.09. The molecule has 0 aromatic heterocycles. The molecular formula is C8F24Hf2O24S8. The van der Waals surface area contributed by atoms with Crippen LogP contribution in [0.3, 0.4) is 0 Å². The van der Waals surface area contributed by atoms with Crippen molar-refractivity contribution >= 4 is 80.9 Å². The van der Waals surface area contributed by atoms with E-state index >= 15 is 0 Å². The molecule has 0 amide bonds. The van der Waals surface area contributed by atoms with Crippen molar-refractivity contribution in [1.82, 2.24) is 0 Å². The van der Waals surface area contributed by atoms with E-state index in [4.69, 9.17) is 104 Å². The molecule has 0 radical (unpaired) electrons. The molecule has 0 aromatic carbocycles. The van der Waals surface area contributed by atoms with Crippen LogP contribution in [-0.4, -0.2) is 148 Å². The number of hydrogen-bond acceptors (Lipinski definition) is 24. The first-order valence-corrected chi connectivity index (χ1v) is 21.4. The standard InChI is InChI=1S/8CHF3O3S.2Hf/c8*2-1(3,4)8(5,6)7;;/h8*(H,5,6,7);;/q;;;;;;;;2*+4/p-8. The summed E-state index contributed by atoms with van der Waals surface area (Å²) in [6.07, 6.45) is 0. The van der Waals surface area contributed by atoms with Crippen molar-refractivity contribution in [2.24, 2.45) is 0 Å². The maximum atomic E-state index is 10.7. The third-order valence-electron chi connectivity index (χ3n) is 2.27. The van der Waals surface area contributed by atoms with Crippen molar-refractivity contribution in [3.8, 4) is 0 Å². The molecule has 0 unspecified atom stereocenters. The molecule has 0 fully saturated rings. The van der Waals surface area contributed by atoms with Crippen molar-refractivity contribution in [2.75, 3.05) is 0 Å². The van der Waals surface area contributed by atoms with Gasteiger partial charge >= 0.3 is 95.8 Å². The SMILES string of the molecule is O=S(=O)([O-])C(F)(F)F.O=S(=O)([O-])C(F)(F)F.O=S(=O)([O-])C(F)(F)F.O=S(=O)([O-])C(F)(F)F.O=S(=O)([O-])C(F)(F)F.O=S(=O)([O-])C(F)(F)F.O=S(=O)([O-])C(F)(F)F.O=S(=O)([O-])C(F)(F)F.[Hf+4].[Hf+4]. The van der Waals surface area contributed by atoms with Crippen LogP contribution >= 0.6 is 0 Å². The topological polar surface area (TPSA) is 458 Å². The van der Waals surface area contributed by atoms with Crippen molar-refractivity contribution in [3.05, 3.63) is 0 Å². The summed E-state index contributed by atoms with van der Waals surface area (Å²) in [5.41, 5.74) is -45.2. The molecule has 0 saturated heterocycles. The third-order valence-corrected chi connectivity index (χ3v) is 6.80. The normalized spacial score (nSPS) is 13.6. The van der Waals surface area contributed by atoms with Crippen LogP contribution in [0, 0.1) is 0 Å². The van der Waals surface area contributed by atoms with Gasteiger partial charge in [0.2, 0.25) is 0 Å². The molecule has 0 rings (SSSR count). The summed E-state index contributed by atoms with van der Waals surface area (Å²) in [6, 6.07) is 0. The first-order valence-electron chi connectivity index (χ1n) is 10.2. The van der Waals surface area contributed by atoms with Crippen LogP contribution in [0.2, 0.25) is 0 Å². The Kier molecular flexibility index (Phi) is 38.0. The Hall–Kier alpha value is -0.660. The van der Waals surface area contributed by atoms with Gasteiger partial charge in [-0.2, -0.15) is 105 Å². The molecule has 0 aliphatic heterocycles. The van der Waals surface area contributed by atoms with E-state index in [0.717, 1.165) is 0 Å². The summed E-state index contributed by atoms with van der Waals surface area (Å²) in [5.74, 6) is 0. The Bertz CT molecular complexity index is 1820. The fourth-order valence-corrected chi connectivity index (χ4v) is 0. The molecule has 0 saturated carbocycles. The summed E-state index contributed by atoms with van der Waals surface area (Å²) < 4.78 is 471. The third kappa shape index (κ3) is 48.4. The average Bonchev–Trinajstić information content (AvgIpc) is 2.81. The van der Waals surface area contributed by atoms with Crippen LogP contribution < -0.4 is 0 Å². The van der Waals surface area contributed by atoms with E-state index in [1.807, 2.05) is 0 Å². The van der Waals surface area contributed by atoms with Crippen molar-refractivity contribution in [3.63, 3.8) is 0 Å². The quantitative estimate of drug-likeness (QED) is 0.137. The molecule has 0 aromatic rings. The van der Waals surface area contributed by atoms with Gasteiger partial charge in [0.05, 0.1) is 0 Å². The van der Waals surface area contributed by atoms with Gasteiger partial charge < -0.3 is 36.4 Å². The molecule has 58 heteroatoms. The smallest absolute Gasteiger partial charge is 0.741 e. The van der Waals surface area contributed by atoms with Crippen LogP contribution in [0.1, 0.15) is 0 Å². The predicted molar refractivity (Wildman–Crippen MR) is 126 cm³/mol. The predicted octanol–water partition coefficient (Wildman–Crippen LogP) is 0.406. The Labute approximate surface area is 383 Å². The summed E-state index contributed by atoms with van der Waals surface area (Å²) >= 11 is 0. The summed E-state index contributed by atoms with van der Waals surface area (Å²) in [4.78, 5) is 0. The minimum absolute atomic E-state index is 0. The van der Waals surface area contributed by atoms with Crippen molar-refractivity contribution < 1.29 is 261 Å². The van der Waals surface area contributed by atoms with E-state index in [9.17, 15) is 105 Å². The van der Waals surface area contributed by atoms with E-state index in [2.05, 4.69) is 0 Å². The van der Waals surface area contributed by atoms with Crippen LogP contribution in [0.4, 0.5) is 105 Å². The zero-order valence-corrected chi connectivity index (χ0v) is 40.9. The van der Waals surface area contributed by atoms with E-state index in [1.165, 1.54) is 0 Å². The molecule has 24 nitrogen and oxygen atoms in total. The van der Waals surface area contributed by atoms with Gasteiger partial charge in [-0.25, -0.2) is 67.3 Å². The van der Waals surface area contributed by atoms with E-state index in [0.29, 0.717) is 0 Å². The van der Waals surface area contributed by atoms with Crippen molar-refractivity contribution in [2.45, 2.75) is 44.1 Å². The molecule has 0 spiro atoms. The molecule has 0 bridgehead atoms. The van der Waals surface area contributed by atoms with Crippen LogP contribution in [0.15, 0.2) is 0 Å². The molecule has 0 aliphatic rings. The van der Waals surface area contributed by atoms with Gasteiger partial charge in [-0.15, -0.1) is 0 Å². The molecule has 0 atom stereocenters. The van der Waals surface area contributed by atoms with Gasteiger partial charge in [0.1, 0.15) is 0 Å². The molecule has 0 aliphatic carbocycles. The van der Waals surface area contributed by atoms with Crippen molar-refractivity contribution in [1.29, 1.82) is 0 Å². The first-order chi connectivity index (χ1) is 26.0. The van der Waals surface area contributed by atoms with E-state index < -0.39 is 125 Å². The fourth-order valence-electron chi connectivity index (χ4n) is 0. The average molecular weight is 1550 g/mol.